The number of halogens is 3. The highest BCUT2D eigenvalue weighted by atomic mass is 19.4. The van der Waals surface area contributed by atoms with E-state index in [1.165, 1.54) is 12.1 Å². The topological polar surface area (TPSA) is 54.3 Å². The molecule has 0 saturated heterocycles. The maximum atomic E-state index is 12.7. The minimum atomic E-state index is -4.37. The Morgan fingerprint density at radius 1 is 1.08 bits per heavy atom. The molecule has 0 aliphatic rings. The zero-order chi connectivity index (χ0) is 18.0. The van der Waals surface area contributed by atoms with Crippen molar-refractivity contribution in [2.75, 3.05) is 0 Å². The van der Waals surface area contributed by atoms with Crippen molar-refractivity contribution in [3.8, 4) is 0 Å². The predicted octanol–water partition coefficient (Wildman–Crippen LogP) is 4.48. The van der Waals surface area contributed by atoms with Crippen LogP contribution >= 0.6 is 0 Å². The van der Waals surface area contributed by atoms with Crippen LogP contribution in [0, 0.1) is 0 Å². The van der Waals surface area contributed by atoms with Gasteiger partial charge in [-0.2, -0.15) is 13.2 Å². The fraction of sp³-hybridized carbons (Fsp3) is 0.167. The lowest BCUT2D eigenvalue weighted by Gasteiger charge is -2.12. The maximum absolute atomic E-state index is 12.7. The molecule has 130 valence electrons. The first-order valence-corrected chi connectivity index (χ1v) is 7.54. The Balaban J connectivity index is 1.94. The van der Waals surface area contributed by atoms with Gasteiger partial charge in [-0.25, -0.2) is 4.79 Å². The number of amides is 1. The van der Waals surface area contributed by atoms with Crippen molar-refractivity contribution in [1.82, 2.24) is 9.88 Å². The summed E-state index contributed by atoms with van der Waals surface area (Å²) >= 11 is 0. The van der Waals surface area contributed by atoms with Gasteiger partial charge in [-0.15, -0.1) is 0 Å². The number of carbonyl (C=O) groups is 1. The van der Waals surface area contributed by atoms with E-state index in [-0.39, 0.29) is 6.54 Å². The number of nitrogens with zero attached hydrogens (tertiary/aromatic N) is 1. The van der Waals surface area contributed by atoms with Crippen molar-refractivity contribution in [2.24, 2.45) is 0 Å². The van der Waals surface area contributed by atoms with E-state index in [1.807, 2.05) is 34.9 Å². The summed E-state index contributed by atoms with van der Waals surface area (Å²) in [5.74, 6) is 0. The lowest BCUT2D eigenvalue weighted by Crippen LogP contribution is -2.22. The second kappa shape index (κ2) is 6.51. The summed E-state index contributed by atoms with van der Waals surface area (Å²) in [7, 11) is 0. The summed E-state index contributed by atoms with van der Waals surface area (Å²) in [4.78, 5) is 10.8. The third-order valence-corrected chi connectivity index (χ3v) is 3.94. The van der Waals surface area contributed by atoms with Crippen LogP contribution in [0.4, 0.5) is 18.0 Å². The minimum Gasteiger partial charge on any atom is -0.465 e. The Morgan fingerprint density at radius 3 is 2.40 bits per heavy atom. The van der Waals surface area contributed by atoms with Crippen LogP contribution in [-0.4, -0.2) is 15.8 Å². The zero-order valence-electron chi connectivity index (χ0n) is 13.0. The van der Waals surface area contributed by atoms with Crippen LogP contribution in [0.1, 0.15) is 16.8 Å². The van der Waals surface area contributed by atoms with Crippen LogP contribution in [0.15, 0.2) is 54.6 Å². The molecule has 0 atom stereocenters. The number of fused-ring (bicyclic) bond motifs is 1. The summed E-state index contributed by atoms with van der Waals surface area (Å²) in [6, 6.07) is 14.4. The Labute approximate surface area is 141 Å². The molecule has 1 aromatic heterocycles. The number of rotatable bonds is 4. The fourth-order valence-electron chi connectivity index (χ4n) is 2.75. The third-order valence-electron chi connectivity index (χ3n) is 3.94. The molecule has 0 aliphatic carbocycles. The number of aromatic nitrogens is 1. The van der Waals surface area contributed by atoms with Gasteiger partial charge in [0.05, 0.1) is 12.1 Å². The van der Waals surface area contributed by atoms with E-state index in [9.17, 15) is 18.0 Å². The molecule has 25 heavy (non-hydrogen) atoms. The fourth-order valence-corrected chi connectivity index (χ4v) is 2.75. The number of hydrogen-bond acceptors (Lipinski definition) is 1. The molecule has 0 fully saturated rings. The van der Waals surface area contributed by atoms with Crippen molar-refractivity contribution in [3.05, 3.63) is 71.4 Å². The van der Waals surface area contributed by atoms with Crippen molar-refractivity contribution >= 4 is 17.0 Å². The van der Waals surface area contributed by atoms with Crippen molar-refractivity contribution in [2.45, 2.75) is 19.3 Å². The van der Waals surface area contributed by atoms with Gasteiger partial charge in [0.1, 0.15) is 0 Å². The standard InChI is InChI=1S/C18H15F3N2O2/c19-18(20,21)14-7-5-12(6-8-14)11-23-15(10-22-17(24)25)9-13-3-1-2-4-16(13)23/h1-9,22H,10-11H2,(H,24,25). The van der Waals surface area contributed by atoms with Gasteiger partial charge in [0.2, 0.25) is 0 Å². The van der Waals surface area contributed by atoms with Gasteiger partial charge < -0.3 is 15.0 Å². The Kier molecular flexibility index (Phi) is 4.39. The van der Waals surface area contributed by atoms with Gasteiger partial charge in [0.15, 0.2) is 0 Å². The molecular weight excluding hydrogens is 333 g/mol. The molecule has 2 N–H and O–H groups in total. The average molecular weight is 348 g/mol. The van der Waals surface area contributed by atoms with Crippen molar-refractivity contribution in [1.29, 1.82) is 0 Å². The summed E-state index contributed by atoms with van der Waals surface area (Å²) < 4.78 is 39.9. The smallest absolute Gasteiger partial charge is 0.416 e. The normalized spacial score (nSPS) is 11.6. The first kappa shape index (κ1) is 16.9. The molecule has 1 amide bonds. The molecule has 1 heterocycles. The van der Waals surface area contributed by atoms with E-state index < -0.39 is 17.8 Å². The number of alkyl halides is 3. The Bertz CT molecular complexity index is 899. The molecule has 4 nitrogen and oxygen atoms in total. The van der Waals surface area contributed by atoms with Crippen LogP contribution in [-0.2, 0) is 19.3 Å². The second-order valence-electron chi connectivity index (χ2n) is 5.63. The Hall–Kier alpha value is -2.96. The molecule has 0 aliphatic heterocycles. The first-order chi connectivity index (χ1) is 11.8. The van der Waals surface area contributed by atoms with Crippen LogP contribution in [0.2, 0.25) is 0 Å². The third kappa shape index (κ3) is 3.76. The molecule has 0 spiro atoms. The molecule has 0 saturated carbocycles. The summed E-state index contributed by atoms with van der Waals surface area (Å²) in [5, 5.41) is 12.1. The monoisotopic (exact) mass is 348 g/mol. The molecule has 2 aromatic carbocycles. The molecule has 0 unspecified atom stereocenters. The van der Waals surface area contributed by atoms with Crippen molar-refractivity contribution < 1.29 is 23.1 Å². The summed E-state index contributed by atoms with van der Waals surface area (Å²) in [6.45, 7) is 0.465. The summed E-state index contributed by atoms with van der Waals surface area (Å²) in [5.41, 5.74) is 1.64. The molecule has 3 aromatic rings. The lowest BCUT2D eigenvalue weighted by atomic mass is 10.1. The first-order valence-electron chi connectivity index (χ1n) is 7.54. The maximum Gasteiger partial charge on any atom is 0.416 e. The highest BCUT2D eigenvalue weighted by Crippen LogP contribution is 2.29. The number of carboxylic acid groups (broad SMARTS) is 1. The molecule has 0 radical (unpaired) electrons. The van der Waals surface area contributed by atoms with E-state index in [2.05, 4.69) is 5.32 Å². The quantitative estimate of drug-likeness (QED) is 0.731. The van der Waals surface area contributed by atoms with Gasteiger partial charge >= 0.3 is 12.3 Å². The molecule has 3 rings (SSSR count). The number of hydrogen-bond donors (Lipinski definition) is 2. The van der Waals surface area contributed by atoms with Crippen LogP contribution in [0.3, 0.4) is 0 Å². The second-order valence-corrected chi connectivity index (χ2v) is 5.63. The van der Waals surface area contributed by atoms with Crippen molar-refractivity contribution in [3.63, 3.8) is 0 Å². The molecular formula is C18H15F3N2O2. The van der Waals surface area contributed by atoms with Gasteiger partial charge in [-0.05, 0) is 35.2 Å². The number of benzene rings is 2. The van der Waals surface area contributed by atoms with Crippen LogP contribution in [0.25, 0.3) is 10.9 Å². The van der Waals surface area contributed by atoms with Gasteiger partial charge in [-0.3, -0.25) is 0 Å². The summed E-state index contributed by atoms with van der Waals surface area (Å²) in [6.07, 6.45) is -5.50. The highest BCUT2D eigenvalue weighted by molar-refractivity contribution is 5.81. The predicted molar refractivity (Wildman–Crippen MR) is 87.3 cm³/mol. The van der Waals surface area contributed by atoms with Crippen LogP contribution in [0.5, 0.6) is 0 Å². The van der Waals surface area contributed by atoms with Gasteiger partial charge in [0, 0.05) is 17.8 Å². The zero-order valence-corrected chi connectivity index (χ0v) is 13.0. The van der Waals surface area contributed by atoms with E-state index in [4.69, 9.17) is 5.11 Å². The van der Waals surface area contributed by atoms with Crippen LogP contribution < -0.4 is 5.32 Å². The molecule has 7 heteroatoms. The lowest BCUT2D eigenvalue weighted by molar-refractivity contribution is -0.137. The van der Waals surface area contributed by atoms with Gasteiger partial charge in [0.25, 0.3) is 0 Å². The largest absolute Gasteiger partial charge is 0.465 e. The Morgan fingerprint density at radius 2 is 1.76 bits per heavy atom. The van der Waals surface area contributed by atoms with E-state index in [0.29, 0.717) is 12.1 Å². The number of nitrogens with one attached hydrogen (secondary N) is 1. The minimum absolute atomic E-state index is 0.116. The molecule has 0 bridgehead atoms. The van der Waals surface area contributed by atoms with E-state index in [1.54, 1.807) is 0 Å². The highest BCUT2D eigenvalue weighted by Gasteiger charge is 2.29. The van der Waals surface area contributed by atoms with Gasteiger partial charge in [-0.1, -0.05) is 30.3 Å². The van der Waals surface area contributed by atoms with E-state index in [0.717, 1.165) is 28.7 Å². The van der Waals surface area contributed by atoms with E-state index >= 15 is 0 Å². The average Bonchev–Trinajstić information content (AvgIpc) is 2.90. The SMILES string of the molecule is O=C(O)NCc1cc2ccccc2n1Cc1ccc(C(F)(F)F)cc1. The number of para-hydroxylation sites is 1.